The summed E-state index contributed by atoms with van der Waals surface area (Å²) in [5, 5.41) is 0.421. The first-order chi connectivity index (χ1) is 7.97. The van der Waals surface area contributed by atoms with Crippen molar-refractivity contribution in [3.8, 4) is 0 Å². The molecular weight excluding hydrogens is 348 g/mol. The number of nitrogens with one attached hydrogen (secondary N) is 1. The number of thiophene rings is 1. The Kier molecular flexibility index (Phi) is 3.72. The number of aromatic nitrogens is 1. The van der Waals surface area contributed by atoms with E-state index in [0.29, 0.717) is 5.02 Å². The number of hydrogen-bond acceptors (Lipinski definition) is 4. The SMILES string of the molecule is O=S(=O)(Nc1cc(Cl)ccn1)c1ccc(Br)s1. The maximum atomic E-state index is 11.9. The van der Waals surface area contributed by atoms with Gasteiger partial charge in [0.05, 0.1) is 3.79 Å². The number of anilines is 1. The molecule has 17 heavy (non-hydrogen) atoms. The third-order valence-electron chi connectivity index (χ3n) is 1.77. The standard InChI is InChI=1S/C9H6BrClN2O2S2/c10-7-1-2-9(16-7)17(14,15)13-8-5-6(11)3-4-12-8/h1-5H,(H,12,13). The van der Waals surface area contributed by atoms with Crippen molar-refractivity contribution in [1.29, 1.82) is 0 Å². The largest absolute Gasteiger partial charge is 0.272 e. The first-order valence-corrected chi connectivity index (χ1v) is 7.84. The number of hydrogen-bond donors (Lipinski definition) is 1. The van der Waals surface area contributed by atoms with Crippen LogP contribution in [0.3, 0.4) is 0 Å². The molecule has 2 rings (SSSR count). The van der Waals surface area contributed by atoms with Crippen molar-refractivity contribution >= 4 is 54.7 Å². The molecule has 1 N–H and O–H groups in total. The predicted molar refractivity (Wildman–Crippen MR) is 72.1 cm³/mol. The van der Waals surface area contributed by atoms with Crippen molar-refractivity contribution < 1.29 is 8.42 Å². The zero-order chi connectivity index (χ0) is 12.5. The molecule has 0 saturated heterocycles. The lowest BCUT2D eigenvalue weighted by Gasteiger charge is -2.04. The second-order valence-corrected chi connectivity index (χ2v) is 7.83. The molecule has 0 radical (unpaired) electrons. The lowest BCUT2D eigenvalue weighted by atomic mass is 10.5. The summed E-state index contributed by atoms with van der Waals surface area (Å²) in [5.74, 6) is 0.196. The zero-order valence-electron chi connectivity index (χ0n) is 8.22. The average molecular weight is 354 g/mol. The van der Waals surface area contributed by atoms with Gasteiger partial charge in [0.15, 0.2) is 0 Å². The monoisotopic (exact) mass is 352 g/mol. The summed E-state index contributed by atoms with van der Waals surface area (Å²) < 4.78 is 27.2. The molecule has 0 aromatic carbocycles. The molecular formula is C9H6BrClN2O2S2. The summed E-state index contributed by atoms with van der Waals surface area (Å²) >= 11 is 10.1. The number of halogens is 2. The molecule has 2 aromatic heterocycles. The number of rotatable bonds is 3. The fourth-order valence-corrected chi connectivity index (χ4v) is 4.26. The van der Waals surface area contributed by atoms with Gasteiger partial charge >= 0.3 is 0 Å². The van der Waals surface area contributed by atoms with Gasteiger partial charge in [-0.2, -0.15) is 0 Å². The van der Waals surface area contributed by atoms with Gasteiger partial charge in [0.2, 0.25) is 0 Å². The Balaban J connectivity index is 2.29. The highest BCUT2D eigenvalue weighted by Crippen LogP contribution is 2.27. The molecule has 0 spiro atoms. The van der Waals surface area contributed by atoms with Crippen LogP contribution in [-0.2, 0) is 10.0 Å². The first-order valence-electron chi connectivity index (χ1n) is 4.37. The van der Waals surface area contributed by atoms with Crippen LogP contribution in [0.4, 0.5) is 5.82 Å². The highest BCUT2D eigenvalue weighted by molar-refractivity contribution is 9.11. The fraction of sp³-hybridized carbons (Fsp3) is 0. The Morgan fingerprint density at radius 2 is 2.12 bits per heavy atom. The Bertz CT molecular complexity index is 642. The Morgan fingerprint density at radius 3 is 2.71 bits per heavy atom. The molecule has 0 amide bonds. The third-order valence-corrected chi connectivity index (χ3v) is 5.48. The second kappa shape index (κ2) is 4.93. The Hall–Kier alpha value is -0.630. The molecule has 2 heterocycles. The van der Waals surface area contributed by atoms with Gasteiger partial charge in [0, 0.05) is 17.3 Å². The molecule has 0 bridgehead atoms. The summed E-state index contributed by atoms with van der Waals surface area (Å²) in [6.07, 6.45) is 1.44. The van der Waals surface area contributed by atoms with E-state index in [1.165, 1.54) is 18.3 Å². The third kappa shape index (κ3) is 3.19. The lowest BCUT2D eigenvalue weighted by Crippen LogP contribution is -2.12. The minimum Gasteiger partial charge on any atom is -0.263 e. The minimum atomic E-state index is -3.59. The van der Waals surface area contributed by atoms with E-state index in [1.54, 1.807) is 12.1 Å². The van der Waals surface area contributed by atoms with E-state index in [2.05, 4.69) is 25.6 Å². The van der Waals surface area contributed by atoms with Gasteiger partial charge in [-0.05, 0) is 34.1 Å². The van der Waals surface area contributed by atoms with E-state index in [-0.39, 0.29) is 10.0 Å². The summed E-state index contributed by atoms with van der Waals surface area (Å²) in [5.41, 5.74) is 0. The van der Waals surface area contributed by atoms with Crippen molar-refractivity contribution in [2.45, 2.75) is 4.21 Å². The van der Waals surface area contributed by atoms with Gasteiger partial charge in [-0.1, -0.05) is 11.6 Å². The molecule has 0 unspecified atom stereocenters. The summed E-state index contributed by atoms with van der Waals surface area (Å²) in [6.45, 7) is 0. The number of sulfonamides is 1. The van der Waals surface area contributed by atoms with Crippen molar-refractivity contribution in [2.24, 2.45) is 0 Å². The normalized spacial score (nSPS) is 11.4. The van der Waals surface area contributed by atoms with Gasteiger partial charge in [-0.15, -0.1) is 11.3 Å². The molecule has 4 nitrogen and oxygen atoms in total. The van der Waals surface area contributed by atoms with Crippen molar-refractivity contribution in [3.05, 3.63) is 39.3 Å². The number of pyridine rings is 1. The van der Waals surface area contributed by atoms with E-state index in [0.717, 1.165) is 15.1 Å². The van der Waals surface area contributed by atoms with Crippen LogP contribution in [0.2, 0.25) is 5.02 Å². The Labute approximate surface area is 116 Å². The van der Waals surface area contributed by atoms with Gasteiger partial charge in [0.25, 0.3) is 10.0 Å². The molecule has 0 fully saturated rings. The predicted octanol–water partition coefficient (Wildman–Crippen LogP) is 3.36. The number of nitrogens with zero attached hydrogens (tertiary/aromatic N) is 1. The maximum Gasteiger partial charge on any atom is 0.272 e. The smallest absolute Gasteiger partial charge is 0.263 e. The van der Waals surface area contributed by atoms with E-state index in [1.807, 2.05) is 0 Å². The van der Waals surface area contributed by atoms with E-state index in [9.17, 15) is 8.42 Å². The Morgan fingerprint density at radius 1 is 1.35 bits per heavy atom. The molecule has 0 saturated carbocycles. The van der Waals surface area contributed by atoms with Crippen LogP contribution in [0.5, 0.6) is 0 Å². The van der Waals surface area contributed by atoms with Crippen molar-refractivity contribution in [2.75, 3.05) is 4.72 Å². The second-order valence-electron chi connectivity index (χ2n) is 3.02. The molecule has 0 aliphatic carbocycles. The lowest BCUT2D eigenvalue weighted by molar-refractivity contribution is 0.603. The molecule has 0 atom stereocenters. The van der Waals surface area contributed by atoms with Crippen molar-refractivity contribution in [1.82, 2.24) is 4.98 Å². The van der Waals surface area contributed by atoms with Crippen LogP contribution < -0.4 is 4.72 Å². The molecule has 2 aromatic rings. The highest BCUT2D eigenvalue weighted by atomic mass is 79.9. The van der Waals surface area contributed by atoms with Crippen LogP contribution in [0.15, 0.2) is 38.5 Å². The maximum absolute atomic E-state index is 11.9. The quantitative estimate of drug-likeness (QED) is 0.920. The minimum absolute atomic E-state index is 0.196. The van der Waals surface area contributed by atoms with E-state index >= 15 is 0 Å². The summed E-state index contributed by atoms with van der Waals surface area (Å²) in [4.78, 5) is 3.88. The zero-order valence-corrected chi connectivity index (χ0v) is 12.2. The van der Waals surface area contributed by atoms with E-state index in [4.69, 9.17) is 11.6 Å². The van der Waals surface area contributed by atoms with Gasteiger partial charge in [-0.3, -0.25) is 4.72 Å². The van der Waals surface area contributed by atoms with Crippen molar-refractivity contribution in [3.63, 3.8) is 0 Å². The average Bonchev–Trinajstić information content (AvgIpc) is 2.65. The van der Waals surface area contributed by atoms with Gasteiger partial charge < -0.3 is 0 Å². The molecule has 90 valence electrons. The summed E-state index contributed by atoms with van der Waals surface area (Å²) in [6, 6.07) is 6.20. The van der Waals surface area contributed by atoms with Gasteiger partial charge in [-0.25, -0.2) is 13.4 Å². The molecule has 8 heteroatoms. The molecule has 0 aliphatic rings. The first kappa shape index (κ1) is 12.8. The van der Waals surface area contributed by atoms with Crippen LogP contribution in [0.1, 0.15) is 0 Å². The van der Waals surface area contributed by atoms with Crippen LogP contribution in [-0.4, -0.2) is 13.4 Å². The van der Waals surface area contributed by atoms with E-state index < -0.39 is 10.0 Å². The highest BCUT2D eigenvalue weighted by Gasteiger charge is 2.17. The van der Waals surface area contributed by atoms with Crippen LogP contribution in [0, 0.1) is 0 Å². The molecule has 0 aliphatic heterocycles. The topological polar surface area (TPSA) is 59.1 Å². The van der Waals surface area contributed by atoms with Gasteiger partial charge in [0.1, 0.15) is 10.0 Å². The van der Waals surface area contributed by atoms with Crippen LogP contribution in [0.25, 0.3) is 0 Å². The van der Waals surface area contributed by atoms with Crippen LogP contribution >= 0.6 is 38.9 Å². The fourth-order valence-electron chi connectivity index (χ4n) is 1.09. The summed E-state index contributed by atoms with van der Waals surface area (Å²) in [7, 11) is -3.59.